The summed E-state index contributed by atoms with van der Waals surface area (Å²) in [5.74, 6) is -1.18. The number of fused-ring (bicyclic) bond motifs is 2. The molecule has 3 heterocycles. The first-order chi connectivity index (χ1) is 16.2. The molecule has 3 aliphatic heterocycles. The number of halogens is 1. The van der Waals surface area contributed by atoms with E-state index in [1.165, 1.54) is 4.90 Å². The van der Waals surface area contributed by atoms with Crippen molar-refractivity contribution < 1.29 is 28.3 Å². The van der Waals surface area contributed by atoms with Gasteiger partial charge in [-0.3, -0.25) is 14.4 Å². The molecular formula is C24H29FN4O5. The Bertz CT molecular complexity index is 1040. The van der Waals surface area contributed by atoms with Crippen molar-refractivity contribution in [2.24, 2.45) is 5.41 Å². The number of hydrogen-bond donors (Lipinski definition) is 3. The van der Waals surface area contributed by atoms with Gasteiger partial charge in [0, 0.05) is 17.8 Å². The quantitative estimate of drug-likeness (QED) is 0.605. The molecule has 0 spiro atoms. The van der Waals surface area contributed by atoms with E-state index >= 15 is 0 Å². The zero-order valence-electron chi connectivity index (χ0n) is 19.1. The first-order valence-corrected chi connectivity index (χ1v) is 11.8. The number of urea groups is 1. The van der Waals surface area contributed by atoms with Crippen LogP contribution in [0.25, 0.3) is 0 Å². The third kappa shape index (κ3) is 4.15. The van der Waals surface area contributed by atoms with E-state index in [1.54, 1.807) is 18.2 Å². The second-order valence-electron chi connectivity index (χ2n) is 10.1. The van der Waals surface area contributed by atoms with E-state index in [-0.39, 0.29) is 30.4 Å². The van der Waals surface area contributed by atoms with Gasteiger partial charge in [0.25, 0.3) is 5.91 Å². The largest absolute Gasteiger partial charge is 0.365 e. The van der Waals surface area contributed by atoms with Crippen LogP contribution in [-0.4, -0.2) is 66.0 Å². The topological polar surface area (TPSA) is 117 Å². The van der Waals surface area contributed by atoms with E-state index in [1.807, 2.05) is 0 Å². The first-order valence-electron chi connectivity index (χ1n) is 11.8. The standard InChI is InChI=1S/C24H29FN4O5/c1-24(6-2-3-7-24)9-17(22(32)29-11-15(25)20-19(29)18(30)12-34-20)27-21(31)13-4-5-16-14(8-13)10-26-23(33)28-16/h4-5,8,15,17,19-20H,2-3,6-7,9-12H2,1H3,(H,27,31)(H2,26,28,33)/t15-,17-,19?,20+/m0/s1. The number of carbonyl (C=O) groups is 4. The second kappa shape index (κ2) is 8.65. The maximum atomic E-state index is 14.5. The monoisotopic (exact) mass is 472 g/mol. The summed E-state index contributed by atoms with van der Waals surface area (Å²) in [6.45, 7) is 1.98. The van der Waals surface area contributed by atoms with E-state index in [9.17, 15) is 23.6 Å². The van der Waals surface area contributed by atoms with Crippen LogP contribution in [-0.2, 0) is 20.9 Å². The highest BCUT2D eigenvalue weighted by Gasteiger charge is 2.54. The van der Waals surface area contributed by atoms with Crippen molar-refractivity contribution in [1.82, 2.24) is 15.5 Å². The van der Waals surface area contributed by atoms with Crippen LogP contribution in [0.2, 0.25) is 0 Å². The Morgan fingerprint density at radius 3 is 2.82 bits per heavy atom. The smallest absolute Gasteiger partial charge is 0.319 e. The molecule has 1 aromatic rings. The molecule has 9 nitrogen and oxygen atoms in total. The number of alkyl halides is 1. The van der Waals surface area contributed by atoms with Gasteiger partial charge in [-0.2, -0.15) is 0 Å². The molecule has 1 unspecified atom stereocenters. The summed E-state index contributed by atoms with van der Waals surface area (Å²) in [6, 6.07) is 2.80. The molecular weight excluding hydrogens is 443 g/mol. The molecule has 2 saturated heterocycles. The predicted molar refractivity (Wildman–Crippen MR) is 120 cm³/mol. The van der Waals surface area contributed by atoms with Crippen molar-refractivity contribution in [2.45, 2.75) is 69.9 Å². The van der Waals surface area contributed by atoms with E-state index < -0.39 is 36.2 Å². The zero-order valence-corrected chi connectivity index (χ0v) is 19.1. The number of nitrogens with zero attached hydrogens (tertiary/aromatic N) is 1. The Balaban J connectivity index is 1.38. The lowest BCUT2D eigenvalue weighted by Gasteiger charge is -2.33. The molecule has 5 rings (SSSR count). The van der Waals surface area contributed by atoms with Crippen LogP contribution in [0.5, 0.6) is 0 Å². The van der Waals surface area contributed by atoms with Gasteiger partial charge >= 0.3 is 6.03 Å². The van der Waals surface area contributed by atoms with Gasteiger partial charge in [0.1, 0.15) is 31.0 Å². The Morgan fingerprint density at radius 1 is 1.29 bits per heavy atom. The fourth-order valence-corrected chi connectivity index (χ4v) is 5.74. The van der Waals surface area contributed by atoms with Crippen molar-refractivity contribution in [3.8, 4) is 0 Å². The molecule has 34 heavy (non-hydrogen) atoms. The molecule has 3 N–H and O–H groups in total. The highest BCUT2D eigenvalue weighted by atomic mass is 19.1. The Kier molecular flexibility index (Phi) is 5.79. The number of ketones is 1. The number of nitrogens with one attached hydrogen (secondary N) is 3. The number of Topliss-reactive ketones (excluding diaryl/α,β-unsaturated/α-hetero) is 1. The van der Waals surface area contributed by atoms with Crippen molar-refractivity contribution >= 4 is 29.3 Å². The fraction of sp³-hybridized carbons (Fsp3) is 0.583. The number of likely N-dealkylation sites (tertiary alicyclic amines) is 1. The van der Waals surface area contributed by atoms with E-state index in [0.29, 0.717) is 24.2 Å². The van der Waals surface area contributed by atoms with Gasteiger partial charge in [-0.05, 0) is 48.4 Å². The van der Waals surface area contributed by atoms with Crippen molar-refractivity contribution in [1.29, 1.82) is 0 Å². The highest BCUT2D eigenvalue weighted by molar-refractivity contribution is 6.00. The average Bonchev–Trinajstić information content (AvgIpc) is 3.50. The lowest BCUT2D eigenvalue weighted by atomic mass is 9.81. The van der Waals surface area contributed by atoms with Crippen LogP contribution >= 0.6 is 0 Å². The number of anilines is 1. The van der Waals surface area contributed by atoms with Crippen molar-refractivity contribution in [2.75, 3.05) is 18.5 Å². The summed E-state index contributed by atoms with van der Waals surface area (Å²) >= 11 is 0. The van der Waals surface area contributed by atoms with Gasteiger partial charge in [0.05, 0.1) is 6.54 Å². The van der Waals surface area contributed by atoms with Crippen LogP contribution in [0.15, 0.2) is 18.2 Å². The lowest BCUT2D eigenvalue weighted by molar-refractivity contribution is -0.138. The van der Waals surface area contributed by atoms with E-state index in [0.717, 1.165) is 31.2 Å². The normalized spacial score (nSPS) is 28.1. The van der Waals surface area contributed by atoms with Crippen molar-refractivity contribution in [3.05, 3.63) is 29.3 Å². The number of amides is 4. The number of benzene rings is 1. The molecule has 4 atom stereocenters. The van der Waals surface area contributed by atoms with Gasteiger partial charge in [-0.15, -0.1) is 0 Å². The van der Waals surface area contributed by atoms with E-state index in [2.05, 4.69) is 22.9 Å². The highest BCUT2D eigenvalue weighted by Crippen LogP contribution is 2.42. The maximum absolute atomic E-state index is 14.5. The van der Waals surface area contributed by atoms with Gasteiger partial charge in [0.15, 0.2) is 5.78 Å². The summed E-state index contributed by atoms with van der Waals surface area (Å²) < 4.78 is 19.8. The predicted octanol–water partition coefficient (Wildman–Crippen LogP) is 1.91. The van der Waals surface area contributed by atoms with Crippen LogP contribution in [0.3, 0.4) is 0 Å². The Labute approximate surface area is 196 Å². The zero-order chi connectivity index (χ0) is 24.0. The second-order valence-corrected chi connectivity index (χ2v) is 10.1. The molecule has 4 amide bonds. The molecule has 182 valence electrons. The third-order valence-electron chi connectivity index (χ3n) is 7.57. The number of hydrogen-bond acceptors (Lipinski definition) is 5. The number of rotatable bonds is 5. The fourth-order valence-electron chi connectivity index (χ4n) is 5.74. The maximum Gasteiger partial charge on any atom is 0.319 e. The summed E-state index contributed by atoms with van der Waals surface area (Å²) in [7, 11) is 0. The van der Waals surface area contributed by atoms with Crippen molar-refractivity contribution in [3.63, 3.8) is 0 Å². The Morgan fingerprint density at radius 2 is 2.06 bits per heavy atom. The summed E-state index contributed by atoms with van der Waals surface area (Å²) in [6.07, 6.45) is 2.05. The van der Waals surface area contributed by atoms with E-state index in [4.69, 9.17) is 4.74 Å². The Hall–Kier alpha value is -3.01. The van der Waals surface area contributed by atoms with Crippen LogP contribution in [0.4, 0.5) is 14.9 Å². The molecule has 4 aliphatic rings. The van der Waals surface area contributed by atoms with Gasteiger partial charge in [0.2, 0.25) is 5.91 Å². The molecule has 1 saturated carbocycles. The molecule has 0 aromatic heterocycles. The van der Waals surface area contributed by atoms with Gasteiger partial charge in [-0.1, -0.05) is 19.8 Å². The number of ether oxygens (including phenoxy) is 1. The molecule has 1 aliphatic carbocycles. The molecule has 10 heteroatoms. The van der Waals surface area contributed by atoms with Crippen LogP contribution in [0, 0.1) is 5.41 Å². The van der Waals surface area contributed by atoms with Gasteiger partial charge < -0.3 is 25.6 Å². The third-order valence-corrected chi connectivity index (χ3v) is 7.57. The summed E-state index contributed by atoms with van der Waals surface area (Å²) in [4.78, 5) is 51.9. The molecule has 3 fully saturated rings. The summed E-state index contributed by atoms with van der Waals surface area (Å²) in [5.41, 5.74) is 1.62. The SMILES string of the molecule is CC1(C[C@H](NC(=O)c2ccc3c(c2)CNC(=O)N3)C(=O)N2C[C@H](F)[C@H]3OCC(=O)C32)CCCC1. The average molecular weight is 473 g/mol. The lowest BCUT2D eigenvalue weighted by Crippen LogP contribution is -2.53. The van der Waals surface area contributed by atoms with Gasteiger partial charge in [-0.25, -0.2) is 9.18 Å². The van der Waals surface area contributed by atoms with Crippen LogP contribution < -0.4 is 16.0 Å². The molecule has 1 aromatic carbocycles. The summed E-state index contributed by atoms with van der Waals surface area (Å²) in [5, 5.41) is 8.22. The number of carbonyl (C=O) groups excluding carboxylic acids is 4. The minimum Gasteiger partial charge on any atom is -0.365 e. The molecule has 0 bridgehead atoms. The minimum atomic E-state index is -1.43. The van der Waals surface area contributed by atoms with Crippen LogP contribution in [0.1, 0.15) is 54.9 Å². The minimum absolute atomic E-state index is 0.123. The first kappa shape index (κ1) is 22.8. The molecule has 0 radical (unpaired) electrons.